The lowest BCUT2D eigenvalue weighted by atomic mass is 10.1. The number of nitrogens with one attached hydrogen (secondary N) is 1. The van der Waals surface area contributed by atoms with Crippen molar-refractivity contribution < 1.29 is 4.74 Å². The first-order chi connectivity index (χ1) is 11.2. The summed E-state index contributed by atoms with van der Waals surface area (Å²) in [4.78, 5) is 8.85. The van der Waals surface area contributed by atoms with E-state index in [0.29, 0.717) is 6.04 Å². The van der Waals surface area contributed by atoms with Crippen LogP contribution in [0.25, 0.3) is 10.9 Å². The molecule has 0 radical (unpaired) electrons. The second-order valence-corrected chi connectivity index (χ2v) is 6.08. The predicted octanol–water partition coefficient (Wildman–Crippen LogP) is 3.53. The molecule has 0 aliphatic heterocycles. The Morgan fingerprint density at radius 2 is 1.96 bits per heavy atom. The van der Waals surface area contributed by atoms with Crippen molar-refractivity contribution in [3.8, 4) is 5.75 Å². The van der Waals surface area contributed by atoms with E-state index in [4.69, 9.17) is 4.74 Å². The fraction of sp³-hybridized carbons (Fsp3) is 0.263. The molecule has 0 bridgehead atoms. The Morgan fingerprint density at radius 1 is 1.09 bits per heavy atom. The Labute approximate surface area is 135 Å². The van der Waals surface area contributed by atoms with E-state index in [0.717, 1.165) is 35.3 Å². The summed E-state index contributed by atoms with van der Waals surface area (Å²) in [6.45, 7) is 2.10. The van der Waals surface area contributed by atoms with Gasteiger partial charge in [0.25, 0.3) is 0 Å². The normalized spacial score (nSPS) is 16.3. The van der Waals surface area contributed by atoms with Gasteiger partial charge >= 0.3 is 0 Å². The maximum Gasteiger partial charge on any atom is 0.137 e. The lowest BCUT2D eigenvalue weighted by Gasteiger charge is -2.15. The van der Waals surface area contributed by atoms with Crippen molar-refractivity contribution in [1.82, 2.24) is 9.97 Å². The quantitative estimate of drug-likeness (QED) is 0.804. The van der Waals surface area contributed by atoms with Gasteiger partial charge in [0.15, 0.2) is 0 Å². The van der Waals surface area contributed by atoms with Gasteiger partial charge in [-0.2, -0.15) is 0 Å². The van der Waals surface area contributed by atoms with Crippen molar-refractivity contribution >= 4 is 16.7 Å². The zero-order chi connectivity index (χ0) is 15.8. The molecule has 0 spiro atoms. The summed E-state index contributed by atoms with van der Waals surface area (Å²) in [5, 5.41) is 4.73. The first kappa shape index (κ1) is 14.0. The molecule has 23 heavy (non-hydrogen) atoms. The van der Waals surface area contributed by atoms with E-state index >= 15 is 0 Å². The monoisotopic (exact) mass is 305 g/mol. The molecule has 0 fully saturated rings. The Morgan fingerprint density at radius 3 is 2.83 bits per heavy atom. The van der Waals surface area contributed by atoms with Crippen LogP contribution < -0.4 is 10.1 Å². The number of methoxy groups -OCH3 is 1. The molecule has 1 aliphatic rings. The predicted molar refractivity (Wildman–Crippen MR) is 92.1 cm³/mol. The van der Waals surface area contributed by atoms with E-state index in [1.807, 2.05) is 18.2 Å². The van der Waals surface area contributed by atoms with Gasteiger partial charge in [0.1, 0.15) is 17.9 Å². The van der Waals surface area contributed by atoms with Gasteiger partial charge in [-0.25, -0.2) is 9.97 Å². The number of aromatic nitrogens is 2. The second-order valence-electron chi connectivity index (χ2n) is 6.08. The van der Waals surface area contributed by atoms with Crippen molar-refractivity contribution in [2.24, 2.45) is 0 Å². The Balaban J connectivity index is 1.63. The summed E-state index contributed by atoms with van der Waals surface area (Å²) in [7, 11) is 1.71. The maximum atomic E-state index is 5.33. The minimum atomic E-state index is 0.356. The van der Waals surface area contributed by atoms with Crippen LogP contribution in [0.15, 0.2) is 42.7 Å². The van der Waals surface area contributed by atoms with Crippen molar-refractivity contribution in [3.05, 3.63) is 59.4 Å². The molecule has 116 valence electrons. The number of fused-ring (bicyclic) bond motifs is 2. The molecule has 2 aromatic carbocycles. The van der Waals surface area contributed by atoms with Gasteiger partial charge in [0, 0.05) is 11.4 Å². The van der Waals surface area contributed by atoms with E-state index < -0.39 is 0 Å². The molecule has 3 aromatic rings. The second kappa shape index (κ2) is 5.54. The maximum absolute atomic E-state index is 5.33. The van der Waals surface area contributed by atoms with Crippen molar-refractivity contribution in [1.29, 1.82) is 0 Å². The van der Waals surface area contributed by atoms with Gasteiger partial charge in [0.05, 0.1) is 12.6 Å². The third-order valence-corrected chi connectivity index (χ3v) is 4.56. The number of ether oxygens (including phenoxy) is 1. The van der Waals surface area contributed by atoms with Crippen LogP contribution >= 0.6 is 0 Å². The highest BCUT2D eigenvalue weighted by molar-refractivity contribution is 5.91. The van der Waals surface area contributed by atoms with Crippen LogP contribution in [0.1, 0.15) is 16.7 Å². The minimum Gasteiger partial charge on any atom is -0.497 e. The molecule has 0 saturated heterocycles. The van der Waals surface area contributed by atoms with E-state index in [1.54, 1.807) is 13.4 Å². The molecule has 0 saturated carbocycles. The van der Waals surface area contributed by atoms with Crippen LogP contribution in [-0.2, 0) is 12.8 Å². The summed E-state index contributed by atoms with van der Waals surface area (Å²) >= 11 is 0. The highest BCUT2D eigenvalue weighted by atomic mass is 16.5. The van der Waals surface area contributed by atoms with E-state index in [9.17, 15) is 0 Å². The molecule has 1 N–H and O–H groups in total. The minimum absolute atomic E-state index is 0.356. The molecule has 4 nitrogen and oxygen atoms in total. The fourth-order valence-corrected chi connectivity index (χ4v) is 3.41. The molecule has 1 unspecified atom stereocenters. The molecule has 0 amide bonds. The average Bonchev–Trinajstić information content (AvgIpc) is 2.96. The number of hydrogen-bond acceptors (Lipinski definition) is 4. The van der Waals surface area contributed by atoms with E-state index in [2.05, 4.69) is 40.4 Å². The number of aryl methyl sites for hydroxylation is 1. The third-order valence-electron chi connectivity index (χ3n) is 4.56. The molecular weight excluding hydrogens is 286 g/mol. The zero-order valence-corrected chi connectivity index (χ0v) is 13.3. The Kier molecular flexibility index (Phi) is 3.37. The van der Waals surface area contributed by atoms with Crippen molar-refractivity contribution in [2.75, 3.05) is 12.4 Å². The summed E-state index contributed by atoms with van der Waals surface area (Å²) in [6.07, 6.45) is 3.63. The van der Waals surface area contributed by atoms with Crippen LogP contribution in [0.5, 0.6) is 5.75 Å². The first-order valence-electron chi connectivity index (χ1n) is 7.87. The van der Waals surface area contributed by atoms with Crippen molar-refractivity contribution in [2.45, 2.75) is 25.8 Å². The molecule has 1 aromatic heterocycles. The van der Waals surface area contributed by atoms with E-state index in [-0.39, 0.29) is 0 Å². The topological polar surface area (TPSA) is 47.0 Å². The molecule has 1 aliphatic carbocycles. The van der Waals surface area contributed by atoms with Gasteiger partial charge in [-0.3, -0.25) is 0 Å². The summed E-state index contributed by atoms with van der Waals surface area (Å²) < 4.78 is 5.33. The molecule has 4 heteroatoms. The highest BCUT2D eigenvalue weighted by Crippen LogP contribution is 2.30. The Hall–Kier alpha value is -2.62. The van der Waals surface area contributed by atoms with E-state index in [1.165, 1.54) is 16.7 Å². The van der Waals surface area contributed by atoms with Crippen LogP contribution in [0, 0.1) is 6.92 Å². The molecular formula is C19H19N3O. The number of hydrogen-bond donors (Lipinski definition) is 1. The zero-order valence-electron chi connectivity index (χ0n) is 13.3. The largest absolute Gasteiger partial charge is 0.497 e. The fourth-order valence-electron chi connectivity index (χ4n) is 3.41. The van der Waals surface area contributed by atoms with Gasteiger partial charge < -0.3 is 10.1 Å². The van der Waals surface area contributed by atoms with Crippen molar-refractivity contribution in [3.63, 3.8) is 0 Å². The van der Waals surface area contributed by atoms with Gasteiger partial charge in [-0.05, 0) is 54.7 Å². The van der Waals surface area contributed by atoms with Gasteiger partial charge in [-0.1, -0.05) is 18.2 Å². The standard InChI is InChI=1S/C19H19N3O/c1-12-4-3-5-17-18(12)19(21-11-20-17)22-15-8-13-6-7-16(23-2)10-14(13)9-15/h3-7,10-11,15H,8-9H2,1-2H3,(H,20,21,22). The highest BCUT2D eigenvalue weighted by Gasteiger charge is 2.23. The number of benzene rings is 2. The number of anilines is 1. The smallest absolute Gasteiger partial charge is 0.137 e. The average molecular weight is 305 g/mol. The molecule has 1 atom stereocenters. The lowest BCUT2D eigenvalue weighted by molar-refractivity contribution is 0.414. The SMILES string of the molecule is COc1ccc2c(c1)CC(Nc1ncnc3cccc(C)c13)C2. The lowest BCUT2D eigenvalue weighted by Crippen LogP contribution is -2.20. The van der Waals surface area contributed by atoms with Crippen LogP contribution in [-0.4, -0.2) is 23.1 Å². The summed E-state index contributed by atoms with van der Waals surface area (Å²) in [5.41, 5.74) is 4.93. The summed E-state index contributed by atoms with van der Waals surface area (Å²) in [5.74, 6) is 1.85. The Bertz CT molecular complexity index is 870. The molecule has 4 rings (SSSR count). The van der Waals surface area contributed by atoms with Gasteiger partial charge in [-0.15, -0.1) is 0 Å². The third kappa shape index (κ3) is 2.50. The number of nitrogens with zero attached hydrogens (tertiary/aromatic N) is 2. The van der Waals surface area contributed by atoms with Crippen LogP contribution in [0.3, 0.4) is 0 Å². The summed E-state index contributed by atoms with van der Waals surface area (Å²) in [6, 6.07) is 12.9. The van der Waals surface area contributed by atoms with Crippen LogP contribution in [0.2, 0.25) is 0 Å². The van der Waals surface area contributed by atoms with Crippen LogP contribution in [0.4, 0.5) is 5.82 Å². The molecule has 1 heterocycles. The first-order valence-corrected chi connectivity index (χ1v) is 7.87. The number of rotatable bonds is 3. The van der Waals surface area contributed by atoms with Gasteiger partial charge in [0.2, 0.25) is 0 Å².